The smallest absolute Gasteiger partial charge is 0.234 e. The van der Waals surface area contributed by atoms with Crippen molar-refractivity contribution in [3.05, 3.63) is 17.0 Å². The van der Waals surface area contributed by atoms with Crippen LogP contribution in [0, 0.1) is 13.8 Å². The molecule has 8 heteroatoms. The molecule has 1 fully saturated rings. The maximum atomic E-state index is 12.3. The lowest BCUT2D eigenvalue weighted by atomic mass is 10.0. The molecule has 1 amide bonds. The molecule has 1 aliphatic rings. The van der Waals surface area contributed by atoms with Crippen LogP contribution < -0.4 is 5.32 Å². The molecular formula is C15H26N4O3S. The first-order valence-corrected chi connectivity index (χ1v) is 9.78. The highest BCUT2D eigenvalue weighted by molar-refractivity contribution is 7.91. The molecule has 0 unspecified atom stereocenters. The van der Waals surface area contributed by atoms with Crippen LogP contribution in [-0.4, -0.2) is 60.1 Å². The molecule has 1 aliphatic heterocycles. The summed E-state index contributed by atoms with van der Waals surface area (Å²) in [6.45, 7) is 7.08. The van der Waals surface area contributed by atoms with Crippen molar-refractivity contribution in [3.63, 3.8) is 0 Å². The van der Waals surface area contributed by atoms with Crippen LogP contribution in [0.3, 0.4) is 0 Å². The predicted molar refractivity (Wildman–Crippen MR) is 89.0 cm³/mol. The van der Waals surface area contributed by atoms with Crippen molar-refractivity contribution in [3.8, 4) is 0 Å². The second-order valence-corrected chi connectivity index (χ2v) is 8.47. The summed E-state index contributed by atoms with van der Waals surface area (Å²) in [7, 11) is -1.02. The number of sulfone groups is 1. The molecule has 23 heavy (non-hydrogen) atoms. The van der Waals surface area contributed by atoms with Crippen LogP contribution in [-0.2, 0) is 21.7 Å². The van der Waals surface area contributed by atoms with Gasteiger partial charge in [-0.15, -0.1) is 0 Å². The van der Waals surface area contributed by atoms with E-state index in [0.717, 1.165) is 23.4 Å². The highest BCUT2D eigenvalue weighted by Gasteiger charge is 2.25. The Labute approximate surface area is 138 Å². The second kappa shape index (κ2) is 7.00. The standard InChI is InChI=1S/C15H26N4O3S/c1-5-13(15-11(2)17-18(4)12(15)3)16-14(20)10-19-6-8-23(21,22)9-7-19/h13H,5-10H2,1-4H3,(H,16,20)/t13-/m0/s1. The first-order chi connectivity index (χ1) is 10.7. The molecule has 7 nitrogen and oxygen atoms in total. The summed E-state index contributed by atoms with van der Waals surface area (Å²) in [5, 5.41) is 7.47. The SMILES string of the molecule is CC[C@H](NC(=O)CN1CCS(=O)(=O)CC1)c1c(C)nn(C)c1C. The zero-order valence-corrected chi connectivity index (χ0v) is 15.1. The summed E-state index contributed by atoms with van der Waals surface area (Å²) in [5.74, 6) is 0.204. The van der Waals surface area contributed by atoms with Gasteiger partial charge in [-0.1, -0.05) is 6.92 Å². The zero-order chi connectivity index (χ0) is 17.2. The number of aromatic nitrogens is 2. The van der Waals surface area contributed by atoms with Crippen molar-refractivity contribution >= 4 is 15.7 Å². The molecule has 0 saturated carbocycles. The lowest BCUT2D eigenvalue weighted by Crippen LogP contribution is -2.46. The van der Waals surface area contributed by atoms with Crippen molar-refractivity contribution in [1.82, 2.24) is 20.0 Å². The van der Waals surface area contributed by atoms with Crippen molar-refractivity contribution in [1.29, 1.82) is 0 Å². The van der Waals surface area contributed by atoms with Gasteiger partial charge in [0, 0.05) is 31.4 Å². The molecule has 0 aliphatic carbocycles. The van der Waals surface area contributed by atoms with Crippen LogP contribution in [0.5, 0.6) is 0 Å². The van der Waals surface area contributed by atoms with Gasteiger partial charge in [0.2, 0.25) is 5.91 Å². The van der Waals surface area contributed by atoms with E-state index in [-0.39, 0.29) is 30.0 Å². The van der Waals surface area contributed by atoms with Gasteiger partial charge in [0.25, 0.3) is 0 Å². The summed E-state index contributed by atoms with van der Waals surface area (Å²) >= 11 is 0. The van der Waals surface area contributed by atoms with Crippen molar-refractivity contribution in [2.75, 3.05) is 31.1 Å². The van der Waals surface area contributed by atoms with E-state index in [9.17, 15) is 13.2 Å². The molecule has 1 N–H and O–H groups in total. The van der Waals surface area contributed by atoms with Crippen LogP contribution in [0.25, 0.3) is 0 Å². The molecule has 1 aromatic heterocycles. The van der Waals surface area contributed by atoms with Gasteiger partial charge in [0.1, 0.15) is 0 Å². The number of rotatable bonds is 5. The van der Waals surface area contributed by atoms with Crippen molar-refractivity contribution in [2.24, 2.45) is 7.05 Å². The molecule has 1 atom stereocenters. The van der Waals surface area contributed by atoms with Gasteiger partial charge < -0.3 is 5.32 Å². The largest absolute Gasteiger partial charge is 0.348 e. The summed E-state index contributed by atoms with van der Waals surface area (Å²) in [6, 6.07) is -0.0651. The highest BCUT2D eigenvalue weighted by atomic mass is 32.2. The molecule has 1 aromatic rings. The molecule has 1 saturated heterocycles. The summed E-state index contributed by atoms with van der Waals surface area (Å²) in [4.78, 5) is 14.2. The Morgan fingerprint density at radius 2 is 1.91 bits per heavy atom. The lowest BCUT2D eigenvalue weighted by molar-refractivity contribution is -0.123. The van der Waals surface area contributed by atoms with E-state index in [0.29, 0.717) is 13.1 Å². The van der Waals surface area contributed by atoms with Crippen LogP contribution in [0.1, 0.15) is 36.3 Å². The molecule has 0 bridgehead atoms. The quantitative estimate of drug-likeness (QED) is 0.834. The first kappa shape index (κ1) is 17.9. The van der Waals surface area contributed by atoms with Gasteiger partial charge in [-0.2, -0.15) is 5.10 Å². The summed E-state index contributed by atoms with van der Waals surface area (Å²) < 4.78 is 24.7. The van der Waals surface area contributed by atoms with E-state index in [2.05, 4.69) is 10.4 Å². The molecule has 0 aromatic carbocycles. The minimum absolute atomic E-state index is 0.0651. The third-order valence-electron chi connectivity index (χ3n) is 4.46. The van der Waals surface area contributed by atoms with E-state index < -0.39 is 9.84 Å². The zero-order valence-electron chi connectivity index (χ0n) is 14.3. The minimum atomic E-state index is -2.92. The number of nitrogens with one attached hydrogen (secondary N) is 1. The van der Waals surface area contributed by atoms with E-state index in [1.165, 1.54) is 0 Å². The third kappa shape index (κ3) is 4.32. The maximum Gasteiger partial charge on any atom is 0.234 e. The average molecular weight is 342 g/mol. The van der Waals surface area contributed by atoms with Gasteiger partial charge >= 0.3 is 0 Å². The summed E-state index contributed by atoms with van der Waals surface area (Å²) in [6.07, 6.45) is 0.785. The molecule has 0 spiro atoms. The monoisotopic (exact) mass is 342 g/mol. The van der Waals surface area contributed by atoms with E-state index >= 15 is 0 Å². The number of carbonyl (C=O) groups is 1. The van der Waals surface area contributed by atoms with Gasteiger partial charge in [0.15, 0.2) is 9.84 Å². The van der Waals surface area contributed by atoms with Gasteiger partial charge in [0.05, 0.1) is 29.8 Å². The van der Waals surface area contributed by atoms with E-state index in [4.69, 9.17) is 0 Å². The molecule has 2 heterocycles. The van der Waals surface area contributed by atoms with Crippen LogP contribution >= 0.6 is 0 Å². The number of carbonyl (C=O) groups excluding carboxylic acids is 1. The fraction of sp³-hybridized carbons (Fsp3) is 0.733. The Kier molecular flexibility index (Phi) is 5.46. The Balaban J connectivity index is 1.98. The van der Waals surface area contributed by atoms with Crippen LogP contribution in [0.2, 0.25) is 0 Å². The molecular weight excluding hydrogens is 316 g/mol. The molecule has 2 rings (SSSR count). The Hall–Kier alpha value is -1.41. The van der Waals surface area contributed by atoms with Gasteiger partial charge in [-0.25, -0.2) is 8.42 Å². The number of hydrogen-bond acceptors (Lipinski definition) is 5. The fourth-order valence-electron chi connectivity index (χ4n) is 3.02. The summed E-state index contributed by atoms with van der Waals surface area (Å²) in [5.41, 5.74) is 3.06. The Bertz CT molecular complexity index is 667. The first-order valence-electron chi connectivity index (χ1n) is 7.95. The Morgan fingerprint density at radius 1 is 1.30 bits per heavy atom. The normalized spacial score (nSPS) is 19.5. The number of aryl methyl sites for hydroxylation is 2. The lowest BCUT2D eigenvalue weighted by Gasteiger charge is -2.27. The average Bonchev–Trinajstić information content (AvgIpc) is 2.72. The van der Waals surface area contributed by atoms with E-state index in [1.54, 1.807) is 0 Å². The predicted octanol–water partition coefficient (Wildman–Crippen LogP) is 0.335. The fourth-order valence-corrected chi connectivity index (χ4v) is 4.30. The number of hydrogen-bond donors (Lipinski definition) is 1. The van der Waals surface area contributed by atoms with Crippen LogP contribution in [0.4, 0.5) is 0 Å². The molecule has 0 radical (unpaired) electrons. The topological polar surface area (TPSA) is 84.3 Å². The second-order valence-electron chi connectivity index (χ2n) is 6.16. The number of nitrogens with zero attached hydrogens (tertiary/aromatic N) is 3. The Morgan fingerprint density at radius 3 is 2.39 bits per heavy atom. The van der Waals surface area contributed by atoms with Gasteiger partial charge in [-0.3, -0.25) is 14.4 Å². The van der Waals surface area contributed by atoms with Crippen LogP contribution in [0.15, 0.2) is 0 Å². The van der Waals surface area contributed by atoms with Gasteiger partial charge in [-0.05, 0) is 20.3 Å². The molecule has 130 valence electrons. The number of amides is 1. The maximum absolute atomic E-state index is 12.3. The van der Waals surface area contributed by atoms with Crippen molar-refractivity contribution in [2.45, 2.75) is 33.2 Å². The third-order valence-corrected chi connectivity index (χ3v) is 6.07. The minimum Gasteiger partial charge on any atom is -0.348 e. The van der Waals surface area contributed by atoms with E-state index in [1.807, 2.05) is 37.4 Å². The highest BCUT2D eigenvalue weighted by Crippen LogP contribution is 2.23. The van der Waals surface area contributed by atoms with Crippen molar-refractivity contribution < 1.29 is 13.2 Å².